The van der Waals surface area contributed by atoms with Crippen LogP contribution < -0.4 is 5.11 Å². The van der Waals surface area contributed by atoms with Gasteiger partial charge in [-0.1, -0.05) is 0 Å². The van der Waals surface area contributed by atoms with Gasteiger partial charge in [-0.25, -0.2) is 0 Å². The van der Waals surface area contributed by atoms with Crippen LogP contribution in [-0.4, -0.2) is 47.9 Å². The fraction of sp³-hybridized carbons (Fsp3) is 0.769. The van der Waals surface area contributed by atoms with Gasteiger partial charge in [0.2, 0.25) is 0 Å². The number of hydrogen-bond acceptors (Lipinski definition) is 6. The van der Waals surface area contributed by atoms with E-state index in [0.717, 1.165) is 0 Å². The summed E-state index contributed by atoms with van der Waals surface area (Å²) in [6, 6.07) is -0.206. The summed E-state index contributed by atoms with van der Waals surface area (Å²) in [5.41, 5.74) is -0.586. The Morgan fingerprint density at radius 3 is 2.74 bits per heavy atom. The van der Waals surface area contributed by atoms with Gasteiger partial charge >= 0.3 is 5.97 Å². The molecule has 3 atom stereocenters. The number of ketones is 1. The third-order valence-corrected chi connectivity index (χ3v) is 4.25. The second-order valence-corrected chi connectivity index (χ2v) is 5.73. The molecule has 0 spiro atoms. The van der Waals surface area contributed by atoms with Crippen LogP contribution in [0, 0.1) is 5.92 Å². The van der Waals surface area contributed by atoms with Crippen LogP contribution in [0.4, 0.5) is 0 Å². The molecule has 6 heteroatoms. The molecule has 0 radical (unpaired) electrons. The number of aliphatic carboxylic acids is 1. The standard InChI is InChI=1S/C13H19NO5/c1-13-5-8(12(18)19-2)3-9(4-10(15)6-13)14(13)7-11(16)17/h8-9H,3-7H2,1-2H3,(H,16,17)/p-1. The van der Waals surface area contributed by atoms with Crippen LogP contribution in [0.15, 0.2) is 0 Å². The van der Waals surface area contributed by atoms with Crippen molar-refractivity contribution in [2.24, 2.45) is 5.92 Å². The van der Waals surface area contributed by atoms with Crippen molar-refractivity contribution < 1.29 is 24.2 Å². The van der Waals surface area contributed by atoms with E-state index in [-0.39, 0.29) is 36.7 Å². The van der Waals surface area contributed by atoms with E-state index in [1.54, 1.807) is 0 Å². The van der Waals surface area contributed by atoms with Crippen molar-refractivity contribution in [1.29, 1.82) is 0 Å². The number of piperidine rings is 2. The minimum Gasteiger partial charge on any atom is -0.549 e. The molecule has 0 aromatic heterocycles. The van der Waals surface area contributed by atoms with E-state index in [9.17, 15) is 19.5 Å². The van der Waals surface area contributed by atoms with Crippen LogP contribution in [0.5, 0.6) is 0 Å². The van der Waals surface area contributed by atoms with Gasteiger partial charge in [-0.2, -0.15) is 0 Å². The molecule has 0 aliphatic carbocycles. The highest BCUT2D eigenvalue weighted by Crippen LogP contribution is 2.43. The molecule has 0 aromatic rings. The van der Waals surface area contributed by atoms with E-state index >= 15 is 0 Å². The second-order valence-electron chi connectivity index (χ2n) is 5.73. The van der Waals surface area contributed by atoms with E-state index in [1.807, 2.05) is 11.8 Å². The van der Waals surface area contributed by atoms with Gasteiger partial charge < -0.3 is 14.6 Å². The summed E-state index contributed by atoms with van der Waals surface area (Å²) in [4.78, 5) is 36.1. The normalized spacial score (nSPS) is 34.9. The third-order valence-electron chi connectivity index (χ3n) is 4.25. The number of carboxylic acids is 1. The molecule has 0 amide bonds. The average Bonchev–Trinajstić information content (AvgIpc) is 2.29. The van der Waals surface area contributed by atoms with Crippen molar-refractivity contribution in [2.75, 3.05) is 13.7 Å². The molecule has 0 aromatic carbocycles. The van der Waals surface area contributed by atoms with Crippen molar-refractivity contribution in [2.45, 2.75) is 44.2 Å². The largest absolute Gasteiger partial charge is 0.549 e. The number of ether oxygens (including phenoxy) is 1. The number of nitrogens with zero attached hydrogens (tertiary/aromatic N) is 1. The summed E-state index contributed by atoms with van der Waals surface area (Å²) < 4.78 is 4.77. The number of fused-ring (bicyclic) bond motifs is 2. The minimum atomic E-state index is -1.15. The summed E-state index contributed by atoms with van der Waals surface area (Å²) >= 11 is 0. The van der Waals surface area contributed by atoms with Crippen molar-refractivity contribution in [3.8, 4) is 0 Å². The van der Waals surface area contributed by atoms with Crippen molar-refractivity contribution >= 4 is 17.7 Å². The monoisotopic (exact) mass is 268 g/mol. The Morgan fingerprint density at radius 1 is 1.53 bits per heavy atom. The fourth-order valence-corrected chi connectivity index (χ4v) is 3.56. The summed E-state index contributed by atoms with van der Waals surface area (Å²) in [6.45, 7) is 1.65. The molecule has 0 saturated carbocycles. The van der Waals surface area contributed by atoms with E-state index in [4.69, 9.17) is 4.74 Å². The molecule has 106 valence electrons. The first-order valence-electron chi connectivity index (χ1n) is 6.42. The van der Waals surface area contributed by atoms with E-state index in [2.05, 4.69) is 0 Å². The maximum Gasteiger partial charge on any atom is 0.308 e. The van der Waals surface area contributed by atoms with Crippen LogP contribution in [0.25, 0.3) is 0 Å². The number of carbonyl (C=O) groups is 3. The van der Waals surface area contributed by atoms with Gasteiger partial charge in [0.25, 0.3) is 0 Å². The average molecular weight is 268 g/mol. The van der Waals surface area contributed by atoms with E-state index < -0.39 is 11.5 Å². The topological polar surface area (TPSA) is 86.7 Å². The lowest BCUT2D eigenvalue weighted by molar-refractivity contribution is -0.308. The lowest BCUT2D eigenvalue weighted by Crippen LogP contribution is -2.64. The Bertz CT molecular complexity index is 421. The molecule has 2 saturated heterocycles. The summed E-state index contributed by atoms with van der Waals surface area (Å²) in [7, 11) is 1.35. The zero-order valence-electron chi connectivity index (χ0n) is 11.2. The van der Waals surface area contributed by atoms with Crippen LogP contribution in [0.3, 0.4) is 0 Å². The summed E-state index contributed by atoms with van der Waals surface area (Å²) in [5.74, 6) is -1.56. The maximum atomic E-state index is 11.8. The van der Waals surface area contributed by atoms with Gasteiger partial charge in [-0.3, -0.25) is 14.5 Å². The molecule has 3 unspecified atom stereocenters. The highest BCUT2D eigenvalue weighted by molar-refractivity contribution is 5.83. The summed E-state index contributed by atoms with van der Waals surface area (Å²) in [6.07, 6.45) is 1.51. The predicted molar refractivity (Wildman–Crippen MR) is 62.9 cm³/mol. The van der Waals surface area contributed by atoms with Gasteiger partial charge in [-0.15, -0.1) is 0 Å². The molecular formula is C13H18NO5-. The summed E-state index contributed by atoms with van der Waals surface area (Å²) in [5, 5.41) is 10.9. The highest BCUT2D eigenvalue weighted by atomic mass is 16.5. The van der Waals surface area contributed by atoms with Gasteiger partial charge in [0.1, 0.15) is 5.78 Å². The highest BCUT2D eigenvalue weighted by Gasteiger charge is 2.50. The molecule has 6 nitrogen and oxygen atoms in total. The first-order valence-corrected chi connectivity index (χ1v) is 6.42. The Hall–Kier alpha value is -1.43. The quantitative estimate of drug-likeness (QED) is 0.617. The zero-order valence-corrected chi connectivity index (χ0v) is 11.2. The molecule has 2 bridgehead atoms. The number of esters is 1. The molecule has 2 rings (SSSR count). The Labute approximate surface area is 111 Å². The van der Waals surface area contributed by atoms with Crippen molar-refractivity contribution in [3.05, 3.63) is 0 Å². The van der Waals surface area contributed by atoms with E-state index in [1.165, 1.54) is 7.11 Å². The lowest BCUT2D eigenvalue weighted by Gasteiger charge is -2.54. The first kappa shape index (κ1) is 14.0. The Morgan fingerprint density at radius 2 is 2.21 bits per heavy atom. The van der Waals surface area contributed by atoms with Crippen molar-refractivity contribution in [1.82, 2.24) is 4.90 Å². The van der Waals surface area contributed by atoms with Crippen LogP contribution in [0.1, 0.15) is 32.6 Å². The van der Waals surface area contributed by atoms with Gasteiger partial charge in [0.05, 0.1) is 19.0 Å². The zero-order chi connectivity index (χ0) is 14.2. The number of hydrogen-bond donors (Lipinski definition) is 0. The predicted octanol–water partition coefficient (Wildman–Crippen LogP) is -0.888. The van der Waals surface area contributed by atoms with Crippen LogP contribution in [0.2, 0.25) is 0 Å². The van der Waals surface area contributed by atoms with Crippen molar-refractivity contribution in [3.63, 3.8) is 0 Å². The number of carboxylic acid groups (broad SMARTS) is 1. The molecule has 2 aliphatic rings. The number of carbonyl (C=O) groups excluding carboxylic acids is 3. The van der Waals surface area contributed by atoms with Crippen LogP contribution in [-0.2, 0) is 19.1 Å². The SMILES string of the molecule is COC(=O)C1CC2CC(=O)CC(C)(C1)N2CC(=O)[O-]. The van der Waals surface area contributed by atoms with E-state index in [0.29, 0.717) is 19.3 Å². The molecule has 2 fully saturated rings. The smallest absolute Gasteiger partial charge is 0.308 e. The number of rotatable bonds is 3. The second kappa shape index (κ2) is 4.92. The van der Waals surface area contributed by atoms with Gasteiger partial charge in [-0.05, 0) is 19.8 Å². The third kappa shape index (κ3) is 2.63. The van der Waals surface area contributed by atoms with Crippen LogP contribution >= 0.6 is 0 Å². The molecule has 0 N–H and O–H groups in total. The molecular weight excluding hydrogens is 250 g/mol. The van der Waals surface area contributed by atoms with Gasteiger partial charge in [0.15, 0.2) is 0 Å². The molecule has 19 heavy (non-hydrogen) atoms. The lowest BCUT2D eigenvalue weighted by atomic mass is 9.70. The fourth-order valence-electron chi connectivity index (χ4n) is 3.56. The Kier molecular flexibility index (Phi) is 3.62. The number of methoxy groups -OCH3 is 1. The first-order chi connectivity index (χ1) is 8.85. The molecule has 2 heterocycles. The minimum absolute atomic E-state index is 0.130. The molecule has 2 aliphatic heterocycles. The maximum absolute atomic E-state index is 11.8. The Balaban J connectivity index is 2.24. The van der Waals surface area contributed by atoms with Gasteiger partial charge in [0, 0.05) is 31.0 Å². The number of Topliss-reactive ketones (excluding diaryl/α,β-unsaturated/α-hetero) is 1.